The van der Waals surface area contributed by atoms with Gasteiger partial charge in [-0.3, -0.25) is 14.9 Å². The lowest BCUT2D eigenvalue weighted by molar-refractivity contribution is -0.139. The van der Waals surface area contributed by atoms with Crippen LogP contribution in [0.5, 0.6) is 0 Å². The van der Waals surface area contributed by atoms with Gasteiger partial charge >= 0.3 is 0 Å². The zero-order valence-electron chi connectivity index (χ0n) is 13.8. The molecule has 1 atom stereocenters. The zero-order chi connectivity index (χ0) is 15.6. The molecule has 0 aromatic rings. The van der Waals surface area contributed by atoms with Gasteiger partial charge in [-0.25, -0.2) is 0 Å². The average molecular weight is 295 g/mol. The number of piperidine rings is 1. The molecule has 5 nitrogen and oxygen atoms in total. The first kappa shape index (κ1) is 16.3. The van der Waals surface area contributed by atoms with Crippen molar-refractivity contribution in [1.82, 2.24) is 15.1 Å². The standard InChI is InChI=1S/C16H29N3O2/c1-5-13(4)11-19-14(20)10-17-16(19)6-8-18(9-7-16)15(21)12(2)3/h12-13,17H,5-11H2,1-4H3. The molecule has 0 saturated carbocycles. The molecule has 2 saturated heterocycles. The van der Waals surface area contributed by atoms with E-state index in [2.05, 4.69) is 19.2 Å². The first-order valence-corrected chi connectivity index (χ1v) is 8.24. The summed E-state index contributed by atoms with van der Waals surface area (Å²) in [5.74, 6) is 0.996. The summed E-state index contributed by atoms with van der Waals surface area (Å²) in [4.78, 5) is 28.3. The maximum Gasteiger partial charge on any atom is 0.238 e. The van der Waals surface area contributed by atoms with Crippen LogP contribution in [-0.4, -0.2) is 53.5 Å². The first-order chi connectivity index (χ1) is 9.89. The van der Waals surface area contributed by atoms with Crippen LogP contribution in [0.2, 0.25) is 0 Å². The summed E-state index contributed by atoms with van der Waals surface area (Å²) in [5, 5.41) is 3.43. The van der Waals surface area contributed by atoms with Crippen LogP contribution in [0.1, 0.15) is 47.0 Å². The molecule has 1 N–H and O–H groups in total. The van der Waals surface area contributed by atoms with Gasteiger partial charge in [0.05, 0.1) is 12.2 Å². The van der Waals surface area contributed by atoms with Gasteiger partial charge in [0, 0.05) is 38.4 Å². The number of nitrogens with zero attached hydrogens (tertiary/aromatic N) is 2. The van der Waals surface area contributed by atoms with Crippen LogP contribution in [0.4, 0.5) is 0 Å². The number of hydrogen-bond acceptors (Lipinski definition) is 3. The Morgan fingerprint density at radius 1 is 1.29 bits per heavy atom. The third-order valence-electron chi connectivity index (χ3n) is 4.97. The molecule has 2 aliphatic heterocycles. The maximum absolute atomic E-state index is 12.2. The quantitative estimate of drug-likeness (QED) is 0.854. The molecule has 120 valence electrons. The molecule has 1 unspecified atom stereocenters. The number of nitrogens with one attached hydrogen (secondary N) is 1. The fourth-order valence-electron chi connectivity index (χ4n) is 3.30. The van der Waals surface area contributed by atoms with E-state index in [-0.39, 0.29) is 23.4 Å². The second-order valence-corrected chi connectivity index (χ2v) is 6.88. The topological polar surface area (TPSA) is 52.7 Å². The summed E-state index contributed by atoms with van der Waals surface area (Å²) in [6, 6.07) is 0. The van der Waals surface area contributed by atoms with Gasteiger partial charge in [-0.2, -0.15) is 0 Å². The monoisotopic (exact) mass is 295 g/mol. The van der Waals surface area contributed by atoms with Crippen molar-refractivity contribution in [3.05, 3.63) is 0 Å². The lowest BCUT2D eigenvalue weighted by Crippen LogP contribution is -2.60. The van der Waals surface area contributed by atoms with Crippen molar-refractivity contribution in [2.45, 2.75) is 52.6 Å². The van der Waals surface area contributed by atoms with Crippen molar-refractivity contribution in [2.75, 3.05) is 26.2 Å². The second kappa shape index (κ2) is 6.34. The van der Waals surface area contributed by atoms with Crippen LogP contribution >= 0.6 is 0 Å². The van der Waals surface area contributed by atoms with Gasteiger partial charge in [-0.1, -0.05) is 34.1 Å². The number of amides is 2. The van der Waals surface area contributed by atoms with Gasteiger partial charge in [0.25, 0.3) is 0 Å². The minimum atomic E-state index is -0.214. The second-order valence-electron chi connectivity index (χ2n) is 6.88. The molecule has 2 amide bonds. The minimum Gasteiger partial charge on any atom is -0.342 e. The van der Waals surface area contributed by atoms with Gasteiger partial charge in [0.1, 0.15) is 0 Å². The highest BCUT2D eigenvalue weighted by molar-refractivity contribution is 5.82. The van der Waals surface area contributed by atoms with Crippen molar-refractivity contribution in [3.63, 3.8) is 0 Å². The van der Waals surface area contributed by atoms with Crippen molar-refractivity contribution in [1.29, 1.82) is 0 Å². The Labute approximate surface area is 128 Å². The number of hydrogen-bond donors (Lipinski definition) is 1. The van der Waals surface area contributed by atoms with Crippen LogP contribution in [0, 0.1) is 11.8 Å². The van der Waals surface area contributed by atoms with E-state index >= 15 is 0 Å². The van der Waals surface area contributed by atoms with E-state index in [1.165, 1.54) is 0 Å². The molecule has 0 radical (unpaired) electrons. The summed E-state index contributed by atoms with van der Waals surface area (Å²) in [6.07, 6.45) is 2.76. The molecule has 5 heteroatoms. The predicted octanol–water partition coefficient (Wildman–Crippen LogP) is 1.44. The van der Waals surface area contributed by atoms with Crippen molar-refractivity contribution in [3.8, 4) is 0 Å². The summed E-state index contributed by atoms with van der Waals surface area (Å²) in [7, 11) is 0. The Morgan fingerprint density at radius 3 is 2.43 bits per heavy atom. The molecular formula is C16H29N3O2. The van der Waals surface area contributed by atoms with E-state index < -0.39 is 0 Å². The third-order valence-corrected chi connectivity index (χ3v) is 4.97. The van der Waals surface area contributed by atoms with Gasteiger partial charge < -0.3 is 9.80 Å². The first-order valence-electron chi connectivity index (χ1n) is 8.24. The molecule has 0 bridgehead atoms. The molecule has 21 heavy (non-hydrogen) atoms. The maximum atomic E-state index is 12.2. The zero-order valence-corrected chi connectivity index (χ0v) is 13.8. The number of likely N-dealkylation sites (tertiary alicyclic amines) is 1. The lowest BCUT2D eigenvalue weighted by Gasteiger charge is -2.45. The molecule has 0 aromatic carbocycles. The molecule has 2 aliphatic rings. The highest BCUT2D eigenvalue weighted by Gasteiger charge is 2.47. The van der Waals surface area contributed by atoms with Gasteiger partial charge in [0.15, 0.2) is 0 Å². The van der Waals surface area contributed by atoms with Crippen LogP contribution in [0.3, 0.4) is 0 Å². The van der Waals surface area contributed by atoms with Gasteiger partial charge in [-0.05, 0) is 5.92 Å². The van der Waals surface area contributed by atoms with E-state index in [0.29, 0.717) is 12.5 Å². The molecule has 0 aromatic heterocycles. The number of rotatable bonds is 4. The molecule has 2 rings (SSSR count). The lowest BCUT2D eigenvalue weighted by atomic mass is 9.94. The Balaban J connectivity index is 2.03. The van der Waals surface area contributed by atoms with E-state index in [1.54, 1.807) is 0 Å². The highest BCUT2D eigenvalue weighted by Crippen LogP contribution is 2.31. The molecule has 2 heterocycles. The third kappa shape index (κ3) is 3.23. The normalized spacial score (nSPS) is 23.2. The van der Waals surface area contributed by atoms with Crippen molar-refractivity contribution >= 4 is 11.8 Å². The SMILES string of the molecule is CCC(C)CN1C(=O)CNC12CCN(C(=O)C(C)C)CC2. The van der Waals surface area contributed by atoms with Crippen LogP contribution in [0.25, 0.3) is 0 Å². The van der Waals surface area contributed by atoms with Crippen LogP contribution < -0.4 is 5.32 Å². The van der Waals surface area contributed by atoms with Crippen LogP contribution in [-0.2, 0) is 9.59 Å². The fraction of sp³-hybridized carbons (Fsp3) is 0.875. The summed E-state index contributed by atoms with van der Waals surface area (Å²) < 4.78 is 0. The number of carbonyl (C=O) groups is 2. The molecule has 2 fully saturated rings. The minimum absolute atomic E-state index is 0.0495. The Kier molecular flexibility index (Phi) is 4.91. The summed E-state index contributed by atoms with van der Waals surface area (Å²) >= 11 is 0. The largest absolute Gasteiger partial charge is 0.342 e. The van der Waals surface area contributed by atoms with Crippen LogP contribution in [0.15, 0.2) is 0 Å². The smallest absolute Gasteiger partial charge is 0.238 e. The molecule has 1 spiro atoms. The highest BCUT2D eigenvalue weighted by atomic mass is 16.2. The van der Waals surface area contributed by atoms with E-state index in [1.807, 2.05) is 23.6 Å². The Bertz CT molecular complexity index is 400. The Morgan fingerprint density at radius 2 is 1.90 bits per heavy atom. The molecular weight excluding hydrogens is 266 g/mol. The van der Waals surface area contributed by atoms with E-state index in [4.69, 9.17) is 0 Å². The Hall–Kier alpha value is -1.10. The van der Waals surface area contributed by atoms with E-state index in [9.17, 15) is 9.59 Å². The summed E-state index contributed by atoms with van der Waals surface area (Å²) in [5.41, 5.74) is -0.214. The van der Waals surface area contributed by atoms with Gasteiger partial charge in [-0.15, -0.1) is 0 Å². The van der Waals surface area contributed by atoms with Crippen molar-refractivity contribution < 1.29 is 9.59 Å². The fourth-order valence-corrected chi connectivity index (χ4v) is 3.30. The predicted molar refractivity (Wildman–Crippen MR) is 82.6 cm³/mol. The molecule has 0 aliphatic carbocycles. The van der Waals surface area contributed by atoms with E-state index in [0.717, 1.165) is 38.9 Å². The number of carbonyl (C=O) groups excluding carboxylic acids is 2. The van der Waals surface area contributed by atoms with Gasteiger partial charge in [0.2, 0.25) is 11.8 Å². The summed E-state index contributed by atoms with van der Waals surface area (Å²) in [6.45, 7) is 11.0. The van der Waals surface area contributed by atoms with Crippen molar-refractivity contribution in [2.24, 2.45) is 11.8 Å². The average Bonchev–Trinajstić information content (AvgIpc) is 2.76.